The first-order valence-corrected chi connectivity index (χ1v) is 12.9. The van der Waals surface area contributed by atoms with Crippen molar-refractivity contribution >= 4 is 23.2 Å². The van der Waals surface area contributed by atoms with Crippen LogP contribution < -0.4 is 10.6 Å². The second-order valence-corrected chi connectivity index (χ2v) is 10.5. The van der Waals surface area contributed by atoms with Crippen LogP contribution in [-0.4, -0.2) is 61.5 Å². The summed E-state index contributed by atoms with van der Waals surface area (Å²) >= 11 is 0. The van der Waals surface area contributed by atoms with Crippen molar-refractivity contribution in [2.45, 2.75) is 65.2 Å². The van der Waals surface area contributed by atoms with Gasteiger partial charge in [0, 0.05) is 42.7 Å². The zero-order chi connectivity index (χ0) is 28.2. The normalized spacial score (nSPS) is 16.2. The number of hydrogen-bond acceptors (Lipinski definition) is 9. The number of nitriles is 1. The molecule has 1 aliphatic rings. The molecule has 1 aliphatic heterocycles. The lowest BCUT2D eigenvalue weighted by Gasteiger charge is -2.32. The lowest BCUT2D eigenvalue weighted by molar-refractivity contribution is 0.0207. The Morgan fingerprint density at radius 2 is 2.00 bits per heavy atom. The van der Waals surface area contributed by atoms with Gasteiger partial charge in [-0.15, -0.1) is 0 Å². The van der Waals surface area contributed by atoms with Crippen molar-refractivity contribution in [1.29, 1.82) is 5.26 Å². The van der Waals surface area contributed by atoms with Gasteiger partial charge in [0.2, 0.25) is 5.88 Å². The summed E-state index contributed by atoms with van der Waals surface area (Å²) in [5.41, 5.74) is 3.05. The summed E-state index contributed by atoms with van der Waals surface area (Å²) < 4.78 is 13.4. The van der Waals surface area contributed by atoms with Crippen molar-refractivity contribution in [1.82, 2.24) is 19.3 Å². The van der Waals surface area contributed by atoms with Crippen molar-refractivity contribution in [3.8, 4) is 11.9 Å². The van der Waals surface area contributed by atoms with Crippen LogP contribution in [0.2, 0.25) is 0 Å². The summed E-state index contributed by atoms with van der Waals surface area (Å²) in [7, 11) is 0. The Kier molecular flexibility index (Phi) is 8.14. The SMILES string of the molecule is CC(=NC1CCN(C(=O)OC(C)(C)C)CC1)/C(=N\N)c1cc(OC(C)c2cccnc2)n2c(C#N)cnc2c1. The highest BCUT2D eigenvalue weighted by Crippen LogP contribution is 2.26. The number of hydrogen-bond donors (Lipinski definition) is 1. The molecular weight excluding hydrogens is 496 g/mol. The Hall–Kier alpha value is -4.46. The molecule has 4 heterocycles. The molecule has 1 unspecified atom stereocenters. The number of imidazole rings is 1. The molecule has 204 valence electrons. The number of likely N-dealkylation sites (tertiary alicyclic amines) is 1. The van der Waals surface area contributed by atoms with Gasteiger partial charge in [-0.25, -0.2) is 9.78 Å². The van der Waals surface area contributed by atoms with Crippen LogP contribution in [0.3, 0.4) is 0 Å². The zero-order valence-electron chi connectivity index (χ0n) is 23.0. The fraction of sp³-hybridized carbons (Fsp3) is 0.429. The van der Waals surface area contributed by atoms with E-state index < -0.39 is 5.60 Å². The first-order chi connectivity index (χ1) is 18.6. The molecule has 3 aromatic heterocycles. The largest absolute Gasteiger partial charge is 0.471 e. The molecule has 3 aromatic rings. The highest BCUT2D eigenvalue weighted by molar-refractivity contribution is 6.47. The number of aliphatic imine (C=N–C) groups is 1. The number of fused-ring (bicyclic) bond motifs is 1. The quantitative estimate of drug-likeness (QED) is 0.285. The summed E-state index contributed by atoms with van der Waals surface area (Å²) in [6.07, 6.45) is 5.71. The van der Waals surface area contributed by atoms with E-state index in [1.54, 1.807) is 33.8 Å². The van der Waals surface area contributed by atoms with E-state index >= 15 is 0 Å². The number of nitrogens with zero attached hydrogens (tertiary/aromatic N) is 7. The minimum atomic E-state index is -0.530. The van der Waals surface area contributed by atoms with E-state index in [0.717, 1.165) is 5.56 Å². The number of rotatable bonds is 6. The van der Waals surface area contributed by atoms with Crippen molar-refractivity contribution < 1.29 is 14.3 Å². The minimum Gasteiger partial charge on any atom is -0.471 e. The molecule has 11 heteroatoms. The van der Waals surface area contributed by atoms with Gasteiger partial charge in [-0.3, -0.25) is 14.4 Å². The van der Waals surface area contributed by atoms with Gasteiger partial charge in [-0.1, -0.05) is 6.07 Å². The van der Waals surface area contributed by atoms with Crippen LogP contribution in [0.25, 0.3) is 5.65 Å². The molecule has 2 N–H and O–H groups in total. The number of aromatic nitrogens is 3. The molecule has 11 nitrogen and oxygen atoms in total. The molecular formula is C28H34N8O3. The monoisotopic (exact) mass is 530 g/mol. The smallest absolute Gasteiger partial charge is 0.410 e. The number of ether oxygens (including phenoxy) is 2. The molecule has 1 saturated heterocycles. The van der Waals surface area contributed by atoms with Gasteiger partial charge in [-0.2, -0.15) is 10.4 Å². The molecule has 1 amide bonds. The highest BCUT2D eigenvalue weighted by atomic mass is 16.6. The zero-order valence-corrected chi connectivity index (χ0v) is 23.0. The number of piperidine rings is 1. The lowest BCUT2D eigenvalue weighted by atomic mass is 10.0. The number of hydrazone groups is 1. The molecule has 1 atom stereocenters. The second-order valence-electron chi connectivity index (χ2n) is 10.5. The Balaban J connectivity index is 1.57. The number of nitrogens with two attached hydrogens (primary N) is 1. The average Bonchev–Trinajstić information content (AvgIpc) is 3.32. The van der Waals surface area contributed by atoms with Crippen LogP contribution in [0.1, 0.15) is 70.4 Å². The van der Waals surface area contributed by atoms with Gasteiger partial charge < -0.3 is 20.2 Å². The van der Waals surface area contributed by atoms with Crippen LogP contribution >= 0.6 is 0 Å². The summed E-state index contributed by atoms with van der Waals surface area (Å²) in [5, 5.41) is 13.7. The highest BCUT2D eigenvalue weighted by Gasteiger charge is 2.27. The predicted octanol–water partition coefficient (Wildman–Crippen LogP) is 4.26. The summed E-state index contributed by atoms with van der Waals surface area (Å²) in [5.74, 6) is 6.28. The number of carbonyl (C=O) groups is 1. The van der Waals surface area contributed by atoms with Gasteiger partial charge in [0.15, 0.2) is 0 Å². The Bertz CT molecular complexity index is 1420. The van der Waals surface area contributed by atoms with Gasteiger partial charge in [-0.05, 0) is 59.6 Å². The fourth-order valence-electron chi connectivity index (χ4n) is 4.46. The number of amides is 1. The molecule has 0 radical (unpaired) electrons. The third-order valence-corrected chi connectivity index (χ3v) is 6.38. The van der Waals surface area contributed by atoms with E-state index in [2.05, 4.69) is 21.1 Å². The van der Waals surface area contributed by atoms with Crippen LogP contribution in [0, 0.1) is 11.3 Å². The van der Waals surface area contributed by atoms with Gasteiger partial charge in [0.05, 0.1) is 18.0 Å². The van der Waals surface area contributed by atoms with Crippen molar-refractivity contribution in [3.63, 3.8) is 0 Å². The maximum atomic E-state index is 12.4. The number of carbonyl (C=O) groups excluding carboxylic acids is 1. The van der Waals surface area contributed by atoms with E-state index in [-0.39, 0.29) is 18.2 Å². The van der Waals surface area contributed by atoms with Gasteiger partial charge >= 0.3 is 6.09 Å². The third-order valence-electron chi connectivity index (χ3n) is 6.38. The molecule has 39 heavy (non-hydrogen) atoms. The maximum absolute atomic E-state index is 12.4. The summed E-state index contributed by atoms with van der Waals surface area (Å²) in [6.45, 7) is 10.5. The van der Waals surface area contributed by atoms with Crippen LogP contribution in [0.4, 0.5) is 4.79 Å². The Morgan fingerprint density at radius 3 is 2.62 bits per heavy atom. The molecule has 0 bridgehead atoms. The molecule has 0 saturated carbocycles. The van der Waals surface area contributed by atoms with Crippen LogP contribution in [-0.2, 0) is 4.74 Å². The standard InChI is InChI=1S/C28H34N8O3/c1-18(33-22-8-11-35(12-9-22)27(37)39-28(3,4)5)26(34-30)21-13-24-32-17-23(15-29)36(24)25(14-21)38-19(2)20-7-6-10-31-16-20/h6-7,10,13-14,16-17,19,22H,8-9,11-12,30H2,1-5H3/b33-18?,34-26+. The van der Waals surface area contributed by atoms with Crippen molar-refractivity contribution in [2.75, 3.05) is 13.1 Å². The number of pyridine rings is 2. The average molecular weight is 531 g/mol. The Labute approximate surface area is 228 Å². The van der Waals surface area contributed by atoms with E-state index in [1.807, 2.05) is 46.8 Å². The van der Waals surface area contributed by atoms with E-state index in [9.17, 15) is 10.1 Å². The topological polar surface area (TPSA) is 143 Å². The third kappa shape index (κ3) is 6.52. The van der Waals surface area contributed by atoms with E-state index in [0.29, 0.717) is 60.1 Å². The molecule has 1 fully saturated rings. The first kappa shape index (κ1) is 27.6. The fourth-order valence-corrected chi connectivity index (χ4v) is 4.46. The predicted molar refractivity (Wildman–Crippen MR) is 148 cm³/mol. The van der Waals surface area contributed by atoms with Crippen molar-refractivity contribution in [3.05, 3.63) is 59.7 Å². The maximum Gasteiger partial charge on any atom is 0.410 e. The molecule has 0 spiro atoms. The summed E-state index contributed by atoms with van der Waals surface area (Å²) in [6, 6.07) is 9.54. The molecule has 0 aliphatic carbocycles. The van der Waals surface area contributed by atoms with Crippen LogP contribution in [0.5, 0.6) is 5.88 Å². The van der Waals surface area contributed by atoms with Gasteiger partial charge in [0.1, 0.15) is 34.8 Å². The first-order valence-electron chi connectivity index (χ1n) is 12.9. The molecule has 4 rings (SSSR count). The van der Waals surface area contributed by atoms with E-state index in [1.165, 1.54) is 6.20 Å². The van der Waals surface area contributed by atoms with Crippen LogP contribution in [0.15, 0.2) is 52.9 Å². The second kappa shape index (κ2) is 11.5. The van der Waals surface area contributed by atoms with Crippen molar-refractivity contribution in [2.24, 2.45) is 15.9 Å². The van der Waals surface area contributed by atoms with E-state index in [4.69, 9.17) is 20.3 Å². The van der Waals surface area contributed by atoms with Gasteiger partial charge in [0.25, 0.3) is 0 Å². The lowest BCUT2D eigenvalue weighted by Crippen LogP contribution is -2.42. The minimum absolute atomic E-state index is 0.0158. The Morgan fingerprint density at radius 1 is 1.26 bits per heavy atom. The summed E-state index contributed by atoms with van der Waals surface area (Å²) in [4.78, 5) is 27.6. The molecule has 0 aromatic carbocycles.